The Morgan fingerprint density at radius 2 is 1.68 bits per heavy atom. The fraction of sp³-hybridized carbons (Fsp3) is 0.200. The first-order valence-corrected chi connectivity index (χ1v) is 9.82. The second kappa shape index (κ2) is 6.64. The third-order valence-corrected chi connectivity index (χ3v) is 6.57. The van der Waals surface area contributed by atoms with E-state index in [0.717, 1.165) is 29.5 Å². The van der Waals surface area contributed by atoms with Gasteiger partial charge >= 0.3 is 138 Å². The van der Waals surface area contributed by atoms with E-state index in [9.17, 15) is 4.39 Å². The van der Waals surface area contributed by atoms with Crippen LogP contribution in [0.5, 0.6) is 0 Å². The number of allylic oxidation sites excluding steroid dienone is 3. The van der Waals surface area contributed by atoms with Crippen LogP contribution in [0.4, 0.5) is 4.39 Å². The molecular formula is C20H21FSe. The zero-order valence-electron chi connectivity index (χ0n) is 13.0. The van der Waals surface area contributed by atoms with Gasteiger partial charge in [-0.2, -0.15) is 0 Å². The molecule has 0 aliphatic carbocycles. The summed E-state index contributed by atoms with van der Waals surface area (Å²) < 4.78 is 17.1. The Morgan fingerprint density at radius 3 is 2.27 bits per heavy atom. The SMILES string of the molecule is CCCc1ccc(-c2ccc(C3=CC=C(C)[SeH2]3)c(F)c2)cc1. The monoisotopic (exact) mass is 360 g/mol. The van der Waals surface area contributed by atoms with E-state index in [1.165, 1.54) is 14.5 Å². The standard InChI is InChI=1S/C20H21FSe/c1-3-4-15-6-8-16(9-7-15)17-10-11-18(19(21)13-17)20-12-5-14(2)22-20/h5-13H,3-4,22H2,1-2H3. The molecule has 2 aromatic rings. The number of benzene rings is 2. The van der Waals surface area contributed by atoms with Gasteiger partial charge < -0.3 is 0 Å². The van der Waals surface area contributed by atoms with Gasteiger partial charge in [0.15, 0.2) is 0 Å². The van der Waals surface area contributed by atoms with E-state index in [0.29, 0.717) is 0 Å². The summed E-state index contributed by atoms with van der Waals surface area (Å²) in [4.78, 5) is 0. The number of halogens is 1. The van der Waals surface area contributed by atoms with Gasteiger partial charge in [0.2, 0.25) is 0 Å². The van der Waals surface area contributed by atoms with Gasteiger partial charge in [0, 0.05) is 0 Å². The summed E-state index contributed by atoms with van der Waals surface area (Å²) in [5.41, 5.74) is 4.15. The average molecular weight is 359 g/mol. The summed E-state index contributed by atoms with van der Waals surface area (Å²) in [5.74, 6) is -0.103. The fourth-order valence-corrected chi connectivity index (χ4v) is 5.03. The van der Waals surface area contributed by atoms with Gasteiger partial charge in [-0.15, -0.1) is 0 Å². The van der Waals surface area contributed by atoms with Crippen LogP contribution in [0.2, 0.25) is 0 Å². The molecule has 0 unspecified atom stereocenters. The second-order valence-corrected chi connectivity index (χ2v) is 9.01. The van der Waals surface area contributed by atoms with Crippen molar-refractivity contribution in [2.24, 2.45) is 0 Å². The minimum atomic E-state index is -0.313. The maximum absolute atomic E-state index is 14.5. The molecule has 0 bridgehead atoms. The van der Waals surface area contributed by atoms with E-state index in [4.69, 9.17) is 0 Å². The van der Waals surface area contributed by atoms with Gasteiger partial charge in [-0.3, -0.25) is 0 Å². The fourth-order valence-electron chi connectivity index (χ4n) is 2.73. The molecule has 1 heterocycles. The van der Waals surface area contributed by atoms with Crippen molar-refractivity contribution >= 4 is 19.4 Å². The van der Waals surface area contributed by atoms with E-state index < -0.39 is 0 Å². The van der Waals surface area contributed by atoms with Crippen molar-refractivity contribution < 1.29 is 4.39 Å². The van der Waals surface area contributed by atoms with Crippen LogP contribution in [0.15, 0.2) is 59.1 Å². The Balaban J connectivity index is 1.85. The normalized spacial score (nSPS) is 15.8. The van der Waals surface area contributed by atoms with E-state index in [2.05, 4.69) is 50.3 Å². The van der Waals surface area contributed by atoms with Gasteiger partial charge in [0.05, 0.1) is 0 Å². The molecule has 0 fully saturated rings. The molecule has 22 heavy (non-hydrogen) atoms. The van der Waals surface area contributed by atoms with Crippen LogP contribution < -0.4 is 0 Å². The average Bonchev–Trinajstić information content (AvgIpc) is 2.94. The van der Waals surface area contributed by atoms with E-state index >= 15 is 0 Å². The zero-order valence-corrected chi connectivity index (χ0v) is 15.1. The number of hydrogen-bond acceptors (Lipinski definition) is 0. The van der Waals surface area contributed by atoms with Crippen molar-refractivity contribution in [3.63, 3.8) is 0 Å². The molecule has 0 radical (unpaired) electrons. The van der Waals surface area contributed by atoms with Crippen LogP contribution in [0, 0.1) is 5.82 Å². The molecular weight excluding hydrogens is 338 g/mol. The molecule has 1 aliphatic rings. The van der Waals surface area contributed by atoms with Crippen LogP contribution in [0.3, 0.4) is 0 Å². The second-order valence-electron chi connectivity index (χ2n) is 5.70. The Labute approximate surface area is 137 Å². The van der Waals surface area contributed by atoms with Crippen LogP contribution in [0.1, 0.15) is 31.4 Å². The quantitative estimate of drug-likeness (QED) is 0.683. The first-order valence-electron chi connectivity index (χ1n) is 7.72. The van der Waals surface area contributed by atoms with Crippen molar-refractivity contribution in [3.8, 4) is 11.1 Å². The predicted octanol–water partition coefficient (Wildman–Crippen LogP) is 4.87. The molecule has 0 spiro atoms. The Hall–Kier alpha value is -1.63. The molecule has 0 saturated carbocycles. The number of aryl methyl sites for hydroxylation is 1. The first-order chi connectivity index (χ1) is 10.7. The molecule has 0 N–H and O–H groups in total. The van der Waals surface area contributed by atoms with E-state index in [-0.39, 0.29) is 20.8 Å². The number of rotatable bonds is 4. The van der Waals surface area contributed by atoms with Crippen LogP contribution >= 0.6 is 0 Å². The van der Waals surface area contributed by atoms with Gasteiger partial charge in [-0.05, 0) is 0 Å². The van der Waals surface area contributed by atoms with Crippen LogP contribution in [-0.2, 0) is 6.42 Å². The van der Waals surface area contributed by atoms with Crippen molar-refractivity contribution in [2.45, 2.75) is 26.7 Å². The molecule has 3 rings (SSSR count). The summed E-state index contributed by atoms with van der Waals surface area (Å²) in [6, 6.07) is 14.1. The van der Waals surface area contributed by atoms with E-state index in [1.54, 1.807) is 6.07 Å². The summed E-state index contributed by atoms with van der Waals surface area (Å²) >= 11 is -0.313. The zero-order chi connectivity index (χ0) is 15.5. The molecule has 0 nitrogen and oxygen atoms in total. The Morgan fingerprint density at radius 1 is 0.955 bits per heavy atom. The third kappa shape index (κ3) is 3.24. The predicted molar refractivity (Wildman–Crippen MR) is 96.1 cm³/mol. The number of hydrogen-bond donors (Lipinski definition) is 0. The van der Waals surface area contributed by atoms with Gasteiger partial charge in [0.25, 0.3) is 0 Å². The van der Waals surface area contributed by atoms with Gasteiger partial charge in [-0.1, -0.05) is 0 Å². The summed E-state index contributed by atoms with van der Waals surface area (Å²) in [6.45, 7) is 4.31. The van der Waals surface area contributed by atoms with Crippen molar-refractivity contribution in [2.75, 3.05) is 0 Å². The van der Waals surface area contributed by atoms with Crippen LogP contribution in [-0.4, -0.2) is 15.0 Å². The molecule has 114 valence electrons. The van der Waals surface area contributed by atoms with E-state index in [1.807, 2.05) is 12.1 Å². The summed E-state index contributed by atoms with van der Waals surface area (Å²) in [5, 5.41) is 0. The van der Waals surface area contributed by atoms with Crippen LogP contribution in [0.25, 0.3) is 15.6 Å². The first kappa shape index (κ1) is 15.3. The molecule has 2 aromatic carbocycles. The Bertz CT molecular complexity index is 739. The van der Waals surface area contributed by atoms with Gasteiger partial charge in [0.1, 0.15) is 0 Å². The maximum atomic E-state index is 14.5. The molecule has 0 amide bonds. The molecule has 0 aromatic heterocycles. The van der Waals surface area contributed by atoms with Crippen molar-refractivity contribution in [1.82, 2.24) is 0 Å². The minimum absolute atomic E-state index is 0.103. The van der Waals surface area contributed by atoms with Crippen molar-refractivity contribution in [1.29, 1.82) is 0 Å². The van der Waals surface area contributed by atoms with Gasteiger partial charge in [-0.25, -0.2) is 0 Å². The molecule has 0 saturated heterocycles. The topological polar surface area (TPSA) is 0 Å². The summed E-state index contributed by atoms with van der Waals surface area (Å²) in [7, 11) is 0. The molecule has 2 heteroatoms. The van der Waals surface area contributed by atoms with Crippen molar-refractivity contribution in [3.05, 3.63) is 76.0 Å². The molecule has 1 aliphatic heterocycles. The Kier molecular flexibility index (Phi) is 4.61. The molecule has 0 atom stereocenters. The third-order valence-electron chi connectivity index (χ3n) is 3.92. The summed E-state index contributed by atoms with van der Waals surface area (Å²) in [6.07, 6.45) is 6.44.